The van der Waals surface area contributed by atoms with E-state index >= 15 is 0 Å². The summed E-state index contributed by atoms with van der Waals surface area (Å²) in [4.78, 5) is 12.3. The van der Waals surface area contributed by atoms with Crippen LogP contribution in [0.1, 0.15) is 23.5 Å². The van der Waals surface area contributed by atoms with Gasteiger partial charge in [0.2, 0.25) is 0 Å². The normalized spacial score (nSPS) is 12.5. The highest BCUT2D eigenvalue weighted by Gasteiger charge is 2.30. The molecule has 0 saturated heterocycles. The van der Waals surface area contributed by atoms with Gasteiger partial charge < -0.3 is 5.32 Å². The highest BCUT2D eigenvalue weighted by molar-refractivity contribution is 9.11. The highest BCUT2D eigenvalue weighted by Crippen LogP contribution is 2.22. The molecule has 0 radical (unpaired) electrons. The first-order chi connectivity index (χ1) is 7.63. The number of amides is 1. The first kappa shape index (κ1) is 14.7. The minimum Gasteiger partial charge on any atom is -0.350 e. The fourth-order valence-electron chi connectivity index (χ4n) is 0.948. The van der Waals surface area contributed by atoms with Gasteiger partial charge in [-0.15, -0.1) is 11.3 Å². The summed E-state index contributed by atoms with van der Waals surface area (Å²) in [6, 6.07) is 3.47. The fraction of sp³-hybridized carbons (Fsp3) is 0.500. The van der Waals surface area contributed by atoms with Crippen molar-refractivity contribution in [3.63, 3.8) is 0 Å². The molecule has 1 N–H and O–H groups in total. The topological polar surface area (TPSA) is 63.2 Å². The summed E-state index contributed by atoms with van der Waals surface area (Å²) >= 11 is 4.57. The monoisotopic (exact) mass is 339 g/mol. The minimum absolute atomic E-state index is 0.0974. The Kier molecular flexibility index (Phi) is 4.38. The number of carbonyl (C=O) groups excluding carboxylic acids is 1. The number of sulfone groups is 1. The molecule has 1 aromatic rings. The van der Waals surface area contributed by atoms with E-state index in [1.54, 1.807) is 26.0 Å². The van der Waals surface area contributed by atoms with Crippen LogP contribution in [0.5, 0.6) is 0 Å². The fourth-order valence-corrected chi connectivity index (χ4v) is 2.58. The number of hydrogen-bond donors (Lipinski definition) is 1. The third-order valence-corrected chi connectivity index (χ3v) is 6.25. The largest absolute Gasteiger partial charge is 0.350 e. The van der Waals surface area contributed by atoms with Crippen LogP contribution < -0.4 is 5.32 Å². The lowest BCUT2D eigenvalue weighted by molar-refractivity contribution is 0.0954. The van der Waals surface area contributed by atoms with Crippen LogP contribution in [0.25, 0.3) is 0 Å². The van der Waals surface area contributed by atoms with Gasteiger partial charge in [-0.3, -0.25) is 4.79 Å². The molecule has 0 spiro atoms. The minimum atomic E-state index is -3.20. The van der Waals surface area contributed by atoms with Gasteiger partial charge in [0.25, 0.3) is 5.91 Å². The molecule has 1 amide bonds. The van der Waals surface area contributed by atoms with Crippen LogP contribution in [0.2, 0.25) is 0 Å². The van der Waals surface area contributed by atoms with Crippen molar-refractivity contribution in [2.75, 3.05) is 12.8 Å². The first-order valence-electron chi connectivity index (χ1n) is 4.86. The zero-order chi connectivity index (χ0) is 13.3. The predicted octanol–water partition coefficient (Wildman–Crippen LogP) is 2.06. The van der Waals surface area contributed by atoms with E-state index in [4.69, 9.17) is 0 Å². The second-order valence-electron chi connectivity index (χ2n) is 4.32. The van der Waals surface area contributed by atoms with Crippen molar-refractivity contribution < 1.29 is 13.2 Å². The van der Waals surface area contributed by atoms with Gasteiger partial charge in [0.05, 0.1) is 13.4 Å². The van der Waals surface area contributed by atoms with Crippen LogP contribution in [-0.2, 0) is 9.84 Å². The van der Waals surface area contributed by atoms with Gasteiger partial charge in [-0.1, -0.05) is 0 Å². The maximum Gasteiger partial charge on any atom is 0.261 e. The van der Waals surface area contributed by atoms with Crippen molar-refractivity contribution in [2.45, 2.75) is 18.6 Å². The van der Waals surface area contributed by atoms with Gasteiger partial charge in [0.1, 0.15) is 0 Å². The summed E-state index contributed by atoms with van der Waals surface area (Å²) in [6.07, 6.45) is 1.17. The van der Waals surface area contributed by atoms with Crippen LogP contribution in [-0.4, -0.2) is 31.9 Å². The molecule has 1 aromatic heterocycles. The smallest absolute Gasteiger partial charge is 0.261 e. The maximum atomic E-state index is 11.7. The Morgan fingerprint density at radius 2 is 2.06 bits per heavy atom. The van der Waals surface area contributed by atoms with Crippen LogP contribution in [0.3, 0.4) is 0 Å². The molecule has 0 unspecified atom stereocenters. The average Bonchev–Trinajstić information content (AvgIpc) is 2.59. The molecule has 96 valence electrons. The summed E-state index contributed by atoms with van der Waals surface area (Å²) in [5.74, 6) is -0.252. The number of hydrogen-bond acceptors (Lipinski definition) is 4. The predicted molar refractivity (Wildman–Crippen MR) is 73.3 cm³/mol. The molecular formula is C10H14BrNO3S2. The standard InChI is InChI=1S/C10H14BrNO3S2/c1-10(2,17(3,14)15)6-12-9(13)7-4-5-8(11)16-7/h4-5H,6H2,1-3H3,(H,12,13). The van der Waals surface area contributed by atoms with Crippen molar-refractivity contribution >= 4 is 43.0 Å². The van der Waals surface area contributed by atoms with E-state index in [-0.39, 0.29) is 12.5 Å². The summed E-state index contributed by atoms with van der Waals surface area (Å²) < 4.78 is 22.8. The Balaban J connectivity index is 2.67. The lowest BCUT2D eigenvalue weighted by Gasteiger charge is -2.22. The van der Waals surface area contributed by atoms with Crippen molar-refractivity contribution in [2.24, 2.45) is 0 Å². The van der Waals surface area contributed by atoms with Crippen LogP contribution in [0.4, 0.5) is 0 Å². The average molecular weight is 340 g/mol. The molecule has 0 aliphatic carbocycles. The zero-order valence-corrected chi connectivity index (χ0v) is 13.0. The summed E-state index contributed by atoms with van der Waals surface area (Å²) in [6.45, 7) is 3.28. The number of thiophene rings is 1. The van der Waals surface area contributed by atoms with Gasteiger partial charge >= 0.3 is 0 Å². The molecule has 0 bridgehead atoms. The number of rotatable bonds is 4. The van der Waals surface area contributed by atoms with Gasteiger partial charge in [-0.2, -0.15) is 0 Å². The number of nitrogens with one attached hydrogen (secondary N) is 1. The van der Waals surface area contributed by atoms with Crippen molar-refractivity contribution in [1.29, 1.82) is 0 Å². The third kappa shape index (κ3) is 3.79. The van der Waals surface area contributed by atoms with Gasteiger partial charge in [-0.25, -0.2) is 8.42 Å². The second-order valence-corrected chi connectivity index (χ2v) is 9.43. The first-order valence-corrected chi connectivity index (χ1v) is 8.37. The molecule has 7 heteroatoms. The molecule has 0 aromatic carbocycles. The molecule has 0 fully saturated rings. The van der Waals surface area contributed by atoms with E-state index in [1.807, 2.05) is 0 Å². The molecule has 17 heavy (non-hydrogen) atoms. The van der Waals surface area contributed by atoms with E-state index in [2.05, 4.69) is 21.2 Å². The SMILES string of the molecule is CC(C)(CNC(=O)c1ccc(Br)s1)S(C)(=O)=O. The Labute approximate surface area is 113 Å². The molecule has 1 heterocycles. The Hall–Kier alpha value is -0.400. The van der Waals surface area contributed by atoms with Gasteiger partial charge in [0.15, 0.2) is 9.84 Å². The third-order valence-electron chi connectivity index (χ3n) is 2.48. The lowest BCUT2D eigenvalue weighted by atomic mass is 10.2. The van der Waals surface area contributed by atoms with Crippen molar-refractivity contribution in [3.05, 3.63) is 20.8 Å². The summed E-state index contributed by atoms with van der Waals surface area (Å²) in [7, 11) is -3.20. The summed E-state index contributed by atoms with van der Waals surface area (Å²) in [5, 5.41) is 2.63. The quantitative estimate of drug-likeness (QED) is 0.913. The highest BCUT2D eigenvalue weighted by atomic mass is 79.9. The van der Waals surface area contributed by atoms with E-state index < -0.39 is 14.6 Å². The van der Waals surface area contributed by atoms with E-state index in [9.17, 15) is 13.2 Å². The molecule has 0 atom stereocenters. The second kappa shape index (κ2) is 5.07. The summed E-state index contributed by atoms with van der Waals surface area (Å²) in [5.41, 5.74) is 0. The Morgan fingerprint density at radius 1 is 1.47 bits per heavy atom. The van der Waals surface area contributed by atoms with Crippen LogP contribution >= 0.6 is 27.3 Å². The van der Waals surface area contributed by atoms with E-state index in [0.29, 0.717) is 4.88 Å². The molecule has 0 saturated carbocycles. The molecule has 0 aliphatic rings. The zero-order valence-electron chi connectivity index (χ0n) is 9.78. The molecule has 4 nitrogen and oxygen atoms in total. The van der Waals surface area contributed by atoms with Crippen molar-refractivity contribution in [3.8, 4) is 0 Å². The van der Waals surface area contributed by atoms with Gasteiger partial charge in [-0.05, 0) is 41.9 Å². The Bertz CT molecular complexity index is 519. The van der Waals surface area contributed by atoms with Crippen LogP contribution in [0.15, 0.2) is 15.9 Å². The number of carbonyl (C=O) groups is 1. The number of halogens is 1. The maximum absolute atomic E-state index is 11.7. The Morgan fingerprint density at radius 3 is 2.47 bits per heavy atom. The van der Waals surface area contributed by atoms with Crippen molar-refractivity contribution in [1.82, 2.24) is 5.32 Å². The van der Waals surface area contributed by atoms with Crippen LogP contribution in [0, 0.1) is 0 Å². The van der Waals surface area contributed by atoms with E-state index in [1.165, 1.54) is 17.6 Å². The lowest BCUT2D eigenvalue weighted by Crippen LogP contribution is -2.43. The molecular weight excluding hydrogens is 326 g/mol. The van der Waals surface area contributed by atoms with Gasteiger partial charge in [0, 0.05) is 12.8 Å². The van der Waals surface area contributed by atoms with E-state index in [0.717, 1.165) is 3.79 Å². The molecule has 1 rings (SSSR count). The molecule has 0 aliphatic heterocycles.